The SMILES string of the molecule is CCS(=O)(=O)c1ccc(-c2ccc3c(c2)COC2(CCN(C4CCC4)CC2)O3)s1. The Labute approximate surface area is 176 Å². The van der Waals surface area contributed by atoms with Gasteiger partial charge in [-0.25, -0.2) is 8.42 Å². The molecule has 0 bridgehead atoms. The van der Waals surface area contributed by atoms with E-state index in [1.807, 2.05) is 18.2 Å². The number of sulfone groups is 1. The Bertz CT molecular complexity index is 1000. The molecule has 2 fully saturated rings. The molecule has 7 heteroatoms. The van der Waals surface area contributed by atoms with Crippen LogP contribution in [0.1, 0.15) is 44.6 Å². The molecule has 1 aliphatic carbocycles. The number of fused-ring (bicyclic) bond motifs is 1. The fourth-order valence-electron chi connectivity index (χ4n) is 4.40. The summed E-state index contributed by atoms with van der Waals surface area (Å²) in [5, 5.41) is 0. The molecule has 3 aliphatic rings. The first kappa shape index (κ1) is 19.5. The van der Waals surface area contributed by atoms with Gasteiger partial charge in [-0.3, -0.25) is 4.90 Å². The first-order valence-corrected chi connectivity index (χ1v) is 13.0. The maximum atomic E-state index is 12.1. The number of hydrogen-bond donors (Lipinski definition) is 0. The summed E-state index contributed by atoms with van der Waals surface area (Å²) < 4.78 is 37.2. The molecular formula is C22H27NO4S2. The number of thiophene rings is 1. The van der Waals surface area contributed by atoms with E-state index in [1.165, 1.54) is 30.6 Å². The standard InChI is InChI=1S/C22H27NO4S2/c1-2-29(24,25)21-9-8-20(28-21)16-6-7-19-17(14-16)15-26-22(27-19)10-12-23(13-11-22)18-4-3-5-18/h6-9,14,18H,2-5,10-13,15H2,1H3. The maximum absolute atomic E-state index is 12.1. The van der Waals surface area contributed by atoms with Crippen LogP contribution in [0.15, 0.2) is 34.5 Å². The summed E-state index contributed by atoms with van der Waals surface area (Å²) >= 11 is 1.33. The number of likely N-dealkylation sites (tertiary alicyclic amines) is 1. The maximum Gasteiger partial charge on any atom is 0.213 e. The van der Waals surface area contributed by atoms with Gasteiger partial charge in [0.15, 0.2) is 9.84 Å². The van der Waals surface area contributed by atoms with Crippen LogP contribution >= 0.6 is 11.3 Å². The molecule has 1 aromatic heterocycles. The normalized spacial score (nSPS) is 22.1. The average Bonchev–Trinajstić information content (AvgIpc) is 3.19. The second-order valence-electron chi connectivity index (χ2n) is 8.27. The summed E-state index contributed by atoms with van der Waals surface area (Å²) in [6.45, 7) is 4.30. The van der Waals surface area contributed by atoms with Crippen LogP contribution in [-0.2, 0) is 21.2 Å². The Morgan fingerprint density at radius 3 is 2.66 bits per heavy atom. The van der Waals surface area contributed by atoms with Crippen LogP contribution < -0.4 is 4.74 Å². The van der Waals surface area contributed by atoms with Gasteiger partial charge in [-0.1, -0.05) is 13.3 Å². The zero-order valence-electron chi connectivity index (χ0n) is 16.7. The van der Waals surface area contributed by atoms with Gasteiger partial charge in [-0.2, -0.15) is 0 Å². The highest BCUT2D eigenvalue weighted by Gasteiger charge is 2.42. The predicted molar refractivity (Wildman–Crippen MR) is 114 cm³/mol. The highest BCUT2D eigenvalue weighted by molar-refractivity contribution is 7.93. The first-order valence-electron chi connectivity index (χ1n) is 10.5. The van der Waals surface area contributed by atoms with Crippen molar-refractivity contribution < 1.29 is 17.9 Å². The summed E-state index contributed by atoms with van der Waals surface area (Å²) in [5.74, 6) is 0.536. The van der Waals surface area contributed by atoms with Gasteiger partial charge < -0.3 is 9.47 Å². The van der Waals surface area contributed by atoms with Crippen molar-refractivity contribution in [1.29, 1.82) is 0 Å². The molecule has 0 unspecified atom stereocenters. The van der Waals surface area contributed by atoms with Crippen molar-refractivity contribution in [2.75, 3.05) is 18.8 Å². The van der Waals surface area contributed by atoms with Gasteiger partial charge in [0.2, 0.25) is 5.79 Å². The van der Waals surface area contributed by atoms with Crippen LogP contribution in [0.3, 0.4) is 0 Å². The molecule has 2 aliphatic heterocycles. The molecular weight excluding hydrogens is 406 g/mol. The zero-order chi connectivity index (χ0) is 20.1. The first-order chi connectivity index (χ1) is 14.0. The van der Waals surface area contributed by atoms with Gasteiger partial charge in [0.05, 0.1) is 12.4 Å². The molecule has 5 rings (SSSR count). The zero-order valence-corrected chi connectivity index (χ0v) is 18.4. The van der Waals surface area contributed by atoms with Crippen molar-refractivity contribution >= 4 is 21.2 Å². The Morgan fingerprint density at radius 2 is 1.97 bits per heavy atom. The second-order valence-corrected chi connectivity index (χ2v) is 11.9. The third-order valence-corrected chi connectivity index (χ3v) is 10.0. The molecule has 1 saturated carbocycles. The van der Waals surface area contributed by atoms with E-state index in [9.17, 15) is 8.42 Å². The van der Waals surface area contributed by atoms with E-state index in [-0.39, 0.29) is 5.75 Å². The lowest BCUT2D eigenvalue weighted by Gasteiger charge is -2.47. The third-order valence-electron chi connectivity index (χ3n) is 6.55. The Balaban J connectivity index is 1.31. The minimum Gasteiger partial charge on any atom is -0.462 e. The summed E-state index contributed by atoms with van der Waals surface area (Å²) in [5.41, 5.74) is 2.04. The monoisotopic (exact) mass is 433 g/mol. The fourth-order valence-corrected chi connectivity index (χ4v) is 6.82. The van der Waals surface area contributed by atoms with Crippen molar-refractivity contribution in [3.05, 3.63) is 35.9 Å². The summed E-state index contributed by atoms with van der Waals surface area (Å²) in [7, 11) is -3.16. The molecule has 0 radical (unpaired) electrons. The van der Waals surface area contributed by atoms with Gasteiger partial charge in [0, 0.05) is 42.4 Å². The van der Waals surface area contributed by atoms with Crippen molar-refractivity contribution in [3.63, 3.8) is 0 Å². The number of piperidine rings is 1. The van der Waals surface area contributed by atoms with Crippen LogP contribution in [0.5, 0.6) is 5.75 Å². The molecule has 1 aromatic carbocycles. The number of hydrogen-bond acceptors (Lipinski definition) is 6. The highest BCUT2D eigenvalue weighted by atomic mass is 32.2. The third kappa shape index (κ3) is 3.63. The van der Waals surface area contributed by atoms with Gasteiger partial charge >= 0.3 is 0 Å². The Kier molecular flexibility index (Phi) is 4.97. The number of ether oxygens (including phenoxy) is 2. The Hall–Kier alpha value is -1.41. The lowest BCUT2D eigenvalue weighted by molar-refractivity contribution is -0.231. The lowest BCUT2D eigenvalue weighted by Crippen LogP contribution is -2.54. The number of rotatable bonds is 4. The molecule has 1 saturated heterocycles. The summed E-state index contributed by atoms with van der Waals surface area (Å²) in [4.78, 5) is 3.55. The van der Waals surface area contributed by atoms with E-state index in [4.69, 9.17) is 9.47 Å². The van der Waals surface area contributed by atoms with E-state index < -0.39 is 15.6 Å². The summed E-state index contributed by atoms with van der Waals surface area (Å²) in [6, 6.07) is 10.5. The topological polar surface area (TPSA) is 55.8 Å². The molecule has 0 amide bonds. The van der Waals surface area contributed by atoms with Crippen LogP contribution in [0.2, 0.25) is 0 Å². The van der Waals surface area contributed by atoms with Gasteiger partial charge in [-0.15, -0.1) is 11.3 Å². The quantitative estimate of drug-likeness (QED) is 0.712. The largest absolute Gasteiger partial charge is 0.462 e. The molecule has 5 nitrogen and oxygen atoms in total. The molecule has 1 spiro atoms. The van der Waals surface area contributed by atoms with E-state index in [1.54, 1.807) is 13.0 Å². The number of benzene rings is 1. The van der Waals surface area contributed by atoms with Gasteiger partial charge in [0.25, 0.3) is 0 Å². The van der Waals surface area contributed by atoms with Crippen LogP contribution in [0.25, 0.3) is 10.4 Å². The van der Waals surface area contributed by atoms with Crippen LogP contribution in [0.4, 0.5) is 0 Å². The van der Waals surface area contributed by atoms with E-state index in [2.05, 4.69) is 11.0 Å². The van der Waals surface area contributed by atoms with Gasteiger partial charge in [0.1, 0.15) is 9.96 Å². The van der Waals surface area contributed by atoms with Crippen molar-refractivity contribution in [1.82, 2.24) is 4.90 Å². The van der Waals surface area contributed by atoms with Crippen molar-refractivity contribution in [2.45, 2.75) is 61.7 Å². The summed E-state index contributed by atoms with van der Waals surface area (Å²) in [6.07, 6.45) is 5.86. The average molecular weight is 434 g/mol. The van der Waals surface area contributed by atoms with Crippen molar-refractivity contribution in [3.8, 4) is 16.2 Å². The second kappa shape index (κ2) is 7.38. The smallest absolute Gasteiger partial charge is 0.213 e. The van der Waals surface area contributed by atoms with Gasteiger partial charge in [-0.05, 0) is 48.7 Å². The van der Waals surface area contributed by atoms with E-state index in [0.717, 1.165) is 53.7 Å². The number of nitrogens with zero attached hydrogens (tertiary/aromatic N) is 1. The molecule has 0 N–H and O–H groups in total. The molecule has 156 valence electrons. The molecule has 2 aromatic rings. The van der Waals surface area contributed by atoms with Crippen LogP contribution in [-0.4, -0.2) is 44.0 Å². The molecule has 0 atom stereocenters. The molecule has 3 heterocycles. The van der Waals surface area contributed by atoms with Crippen LogP contribution in [0, 0.1) is 0 Å². The Morgan fingerprint density at radius 1 is 1.17 bits per heavy atom. The van der Waals surface area contributed by atoms with Crippen molar-refractivity contribution in [2.24, 2.45) is 0 Å². The fraction of sp³-hybridized carbons (Fsp3) is 0.545. The lowest BCUT2D eigenvalue weighted by atomic mass is 9.89. The minimum atomic E-state index is -3.16. The van der Waals surface area contributed by atoms with E-state index in [0.29, 0.717) is 10.8 Å². The minimum absolute atomic E-state index is 0.124. The van der Waals surface area contributed by atoms with E-state index >= 15 is 0 Å². The molecule has 29 heavy (non-hydrogen) atoms. The highest BCUT2D eigenvalue weighted by Crippen LogP contribution is 2.41. The predicted octanol–water partition coefficient (Wildman–Crippen LogP) is 4.46.